The second kappa shape index (κ2) is 32.7. The number of hydrogen-bond acceptors (Lipinski definition) is 3. The molecule has 0 atom stereocenters. The minimum absolute atomic E-state index is 0.603. The number of rotatable bonds is 16. The second-order valence-corrected chi connectivity index (χ2v) is 31.1. The number of hydrogen-bond donors (Lipinski definition) is 0. The van der Waals surface area contributed by atoms with E-state index in [1.807, 2.05) is 12.1 Å². The Morgan fingerprint density at radius 1 is 0.115 bits per heavy atom. The minimum Gasteiger partial charge on any atom is -0.309 e. The van der Waals surface area contributed by atoms with Gasteiger partial charge >= 0.3 is 0 Å². The van der Waals surface area contributed by atoms with Crippen molar-refractivity contribution < 1.29 is 0 Å². The highest BCUT2D eigenvalue weighted by Crippen LogP contribution is 2.43. The van der Waals surface area contributed by atoms with Gasteiger partial charge < -0.3 is 9.13 Å². The van der Waals surface area contributed by atoms with Crippen molar-refractivity contribution in [3.63, 3.8) is 0 Å². The molecule has 0 fully saturated rings. The zero-order valence-corrected chi connectivity index (χ0v) is 66.8. The van der Waals surface area contributed by atoms with Gasteiger partial charge in [0, 0.05) is 49.6 Å². The Bertz CT molecular complexity index is 7120. The van der Waals surface area contributed by atoms with Gasteiger partial charge in [-0.25, -0.2) is 15.0 Å². The van der Waals surface area contributed by atoms with Gasteiger partial charge in [-0.05, 0) is 238 Å². The van der Waals surface area contributed by atoms with Crippen molar-refractivity contribution in [3.05, 3.63) is 479 Å². The molecular weight excluding hydrogens is 1480 g/mol. The van der Waals surface area contributed by atoms with Gasteiger partial charge in [0.25, 0.3) is 0 Å². The van der Waals surface area contributed by atoms with Crippen molar-refractivity contribution in [2.45, 2.75) is 0 Å². The fourth-order valence-electron chi connectivity index (χ4n) is 17.3. The third kappa shape index (κ3) is 14.8. The average Bonchev–Trinajstić information content (AvgIpc) is 1.17. The molecule has 0 aliphatic heterocycles. The van der Waals surface area contributed by atoms with Crippen molar-refractivity contribution in [2.75, 3.05) is 0 Å². The summed E-state index contributed by atoms with van der Waals surface area (Å²) in [5.41, 5.74) is 35.3. The molecule has 3 heterocycles. The van der Waals surface area contributed by atoms with E-state index in [0.717, 1.165) is 83.7 Å². The molecule has 3 aromatic heterocycles. The first kappa shape index (κ1) is 73.4. The Hall–Kier alpha value is -16.2. The smallest absolute Gasteiger partial charge is 0.164 e. The molecule has 572 valence electrons. The van der Waals surface area contributed by atoms with Crippen LogP contribution in [0.1, 0.15) is 0 Å². The summed E-state index contributed by atoms with van der Waals surface area (Å²) < 4.78 is 4.86. The van der Waals surface area contributed by atoms with Gasteiger partial charge in [0.05, 0.1) is 22.1 Å². The number of para-hydroxylation sites is 2. The molecule has 0 spiro atoms. The number of aromatic nitrogens is 5. The lowest BCUT2D eigenvalue weighted by Crippen LogP contribution is -2.01. The first-order valence-electron chi connectivity index (χ1n) is 41.6. The Morgan fingerprint density at radius 2 is 0.320 bits per heavy atom. The van der Waals surface area contributed by atoms with Crippen LogP contribution in [0.25, 0.3) is 212 Å². The van der Waals surface area contributed by atoms with Gasteiger partial charge in [0.2, 0.25) is 0 Å². The SMILES string of the molecule is c1ccc(-c2cccc(-c3cc(-c4cccc(-c5ccccc5)c4)cc(-c4nc(-c5cccc(-c6ccccc6)c5)nc(-c5cccc(-c6ccccc6)c5)n4)c3)c2)cc1.c1ccc(-c2cccc(-c3cccc(-n4c5ccccc5c5cc(-c6ccc7c(c6)c6ccccc6n7-c6cc(-c7ccccc7)cc(-c7ccccc7)c6)ccc54)c3)c2)cc1. The normalized spacial score (nSPS) is 11.3. The number of fused-ring (bicyclic) bond motifs is 6. The molecular formula is C117H79N5. The van der Waals surface area contributed by atoms with E-state index in [9.17, 15) is 0 Å². The predicted octanol–water partition coefficient (Wildman–Crippen LogP) is 31.1. The fourth-order valence-corrected chi connectivity index (χ4v) is 17.3. The first-order valence-corrected chi connectivity index (χ1v) is 41.6. The Labute approximate surface area is 710 Å². The summed E-state index contributed by atoms with van der Waals surface area (Å²) in [6.45, 7) is 0. The van der Waals surface area contributed by atoms with E-state index in [1.54, 1.807) is 0 Å². The van der Waals surface area contributed by atoms with Gasteiger partial charge in [-0.2, -0.15) is 0 Å². The van der Waals surface area contributed by atoms with Gasteiger partial charge in [-0.3, -0.25) is 0 Å². The molecule has 22 aromatic rings. The Balaban J connectivity index is 0.000000150. The molecule has 19 aromatic carbocycles. The van der Waals surface area contributed by atoms with Crippen molar-refractivity contribution in [2.24, 2.45) is 0 Å². The lowest BCUT2D eigenvalue weighted by molar-refractivity contribution is 1.07. The van der Waals surface area contributed by atoms with Crippen molar-refractivity contribution in [1.29, 1.82) is 0 Å². The second-order valence-electron chi connectivity index (χ2n) is 31.1. The Morgan fingerprint density at radius 3 is 0.672 bits per heavy atom. The van der Waals surface area contributed by atoms with E-state index in [1.165, 1.54) is 110 Å². The largest absolute Gasteiger partial charge is 0.309 e. The van der Waals surface area contributed by atoms with Crippen LogP contribution >= 0.6 is 0 Å². The molecule has 0 aliphatic carbocycles. The molecule has 0 aliphatic rings. The Kier molecular flexibility index (Phi) is 19.7. The third-order valence-corrected chi connectivity index (χ3v) is 23.4. The van der Waals surface area contributed by atoms with Crippen molar-refractivity contribution >= 4 is 43.6 Å². The lowest BCUT2D eigenvalue weighted by Gasteiger charge is -2.14. The van der Waals surface area contributed by atoms with E-state index >= 15 is 0 Å². The maximum atomic E-state index is 5.29. The van der Waals surface area contributed by atoms with Gasteiger partial charge in [-0.15, -0.1) is 0 Å². The highest BCUT2D eigenvalue weighted by atomic mass is 15.0. The van der Waals surface area contributed by atoms with Crippen LogP contribution in [0.4, 0.5) is 0 Å². The van der Waals surface area contributed by atoms with Crippen LogP contribution in [0.2, 0.25) is 0 Å². The van der Waals surface area contributed by atoms with Crippen LogP contribution in [0.15, 0.2) is 479 Å². The monoisotopic (exact) mass is 1550 g/mol. The summed E-state index contributed by atoms with van der Waals surface area (Å²) in [4.78, 5) is 15.8. The van der Waals surface area contributed by atoms with Gasteiger partial charge in [0.15, 0.2) is 17.5 Å². The van der Waals surface area contributed by atoms with Crippen LogP contribution in [-0.4, -0.2) is 24.1 Å². The zero-order chi connectivity index (χ0) is 81.1. The predicted molar refractivity (Wildman–Crippen MR) is 511 cm³/mol. The van der Waals surface area contributed by atoms with E-state index in [-0.39, 0.29) is 0 Å². The summed E-state index contributed by atoms with van der Waals surface area (Å²) in [6.07, 6.45) is 0. The van der Waals surface area contributed by atoms with Crippen molar-refractivity contribution in [3.8, 4) is 168 Å². The summed E-state index contributed by atoms with van der Waals surface area (Å²) in [5.74, 6) is 1.83. The van der Waals surface area contributed by atoms with Crippen LogP contribution in [0.5, 0.6) is 0 Å². The van der Waals surface area contributed by atoms with E-state index in [2.05, 4.69) is 476 Å². The molecule has 5 nitrogen and oxygen atoms in total. The summed E-state index contributed by atoms with van der Waals surface area (Å²) in [6, 6.07) is 172. The van der Waals surface area contributed by atoms with E-state index in [0.29, 0.717) is 17.5 Å². The average molecular weight is 1550 g/mol. The van der Waals surface area contributed by atoms with Crippen LogP contribution < -0.4 is 0 Å². The lowest BCUT2D eigenvalue weighted by atomic mass is 9.92. The molecule has 22 rings (SSSR count). The van der Waals surface area contributed by atoms with Crippen molar-refractivity contribution in [1.82, 2.24) is 24.1 Å². The fraction of sp³-hybridized carbons (Fsp3) is 0. The molecule has 0 unspecified atom stereocenters. The summed E-state index contributed by atoms with van der Waals surface area (Å²) >= 11 is 0. The molecule has 122 heavy (non-hydrogen) atoms. The van der Waals surface area contributed by atoms with Crippen LogP contribution in [0.3, 0.4) is 0 Å². The molecule has 0 radical (unpaired) electrons. The number of benzene rings is 19. The summed E-state index contributed by atoms with van der Waals surface area (Å²) in [5, 5.41) is 4.96. The molecule has 5 heteroatoms. The topological polar surface area (TPSA) is 48.5 Å². The summed E-state index contributed by atoms with van der Waals surface area (Å²) in [7, 11) is 0. The highest BCUT2D eigenvalue weighted by molar-refractivity contribution is 6.13. The zero-order valence-electron chi connectivity index (χ0n) is 66.8. The van der Waals surface area contributed by atoms with Gasteiger partial charge in [-0.1, -0.05) is 364 Å². The van der Waals surface area contributed by atoms with Crippen LogP contribution in [-0.2, 0) is 0 Å². The minimum atomic E-state index is 0.603. The maximum Gasteiger partial charge on any atom is 0.164 e. The number of nitrogens with zero attached hydrogens (tertiary/aromatic N) is 5. The first-order chi connectivity index (χ1) is 60.4. The maximum absolute atomic E-state index is 5.29. The molecule has 0 amide bonds. The molecule has 0 bridgehead atoms. The molecule has 0 saturated carbocycles. The highest BCUT2D eigenvalue weighted by Gasteiger charge is 2.22. The van der Waals surface area contributed by atoms with Gasteiger partial charge in [0.1, 0.15) is 0 Å². The molecule has 0 N–H and O–H groups in total. The molecule has 0 saturated heterocycles. The third-order valence-electron chi connectivity index (χ3n) is 23.4. The van der Waals surface area contributed by atoms with E-state index in [4.69, 9.17) is 15.0 Å². The quantitative estimate of drug-likeness (QED) is 0.0969. The van der Waals surface area contributed by atoms with E-state index < -0.39 is 0 Å². The van der Waals surface area contributed by atoms with Crippen LogP contribution in [0, 0.1) is 0 Å². The standard InChI is InChI=1S/C60H40N2.C57H39N3/c1-4-16-41(17-5-1)44-22-14-23-45(34-44)46-24-15-25-51(36-46)61-57-28-12-10-26-53(57)55-39-47(30-32-59(55)61)48-31-33-60-56(40-48)54-27-11-13-29-58(54)62(60)52-37-49(42-18-6-2-7-19-42)35-50(38-52)43-20-8-3-9-21-43;1-5-17-40(18-6-1)44-25-13-29-48(33-44)52-37-53(49-30-14-26-45(34-49)41-19-7-2-8-20-41)39-54(38-52)57-59-55(50-31-15-27-46(35-50)42-21-9-3-10-22-42)58-56(60-57)51-32-16-28-47(36-51)43-23-11-4-12-24-43/h1-40H;1-39H.